The van der Waals surface area contributed by atoms with Gasteiger partial charge in [-0.25, -0.2) is 0 Å². The molecule has 0 rings (SSSR count). The van der Waals surface area contributed by atoms with E-state index in [1.165, 1.54) is 25.0 Å². The van der Waals surface area contributed by atoms with Crippen LogP contribution in [-0.4, -0.2) is 23.6 Å². The lowest BCUT2D eigenvalue weighted by Gasteiger charge is -2.19. The molecule has 0 fully saturated rings. The quantitative estimate of drug-likeness (QED) is 0.645. The Morgan fingerprint density at radius 3 is 2.33 bits per heavy atom. The summed E-state index contributed by atoms with van der Waals surface area (Å²) in [6, 6.07) is 0.671. The fourth-order valence-corrected chi connectivity index (χ4v) is 2.80. The molecule has 0 aromatic carbocycles. The maximum absolute atomic E-state index is 3.55. The van der Waals surface area contributed by atoms with E-state index in [4.69, 9.17) is 0 Å². The Labute approximate surface area is 101 Å². The standard InChI is InChI=1S/C13H29NS/c1-6-8-14-12(4)9-13(5)15-10-11(3)7-2/h11-14H,6-10H2,1-5H3. The molecule has 3 atom stereocenters. The number of thioether (sulfide) groups is 1. The Balaban J connectivity index is 3.50. The average Bonchev–Trinajstić information content (AvgIpc) is 2.22. The van der Waals surface area contributed by atoms with E-state index in [1.54, 1.807) is 0 Å². The van der Waals surface area contributed by atoms with Crippen LogP contribution >= 0.6 is 11.8 Å². The molecule has 0 aliphatic heterocycles. The van der Waals surface area contributed by atoms with Crippen LogP contribution in [0.5, 0.6) is 0 Å². The van der Waals surface area contributed by atoms with Gasteiger partial charge in [0.1, 0.15) is 0 Å². The molecule has 92 valence electrons. The largest absolute Gasteiger partial charge is 0.314 e. The van der Waals surface area contributed by atoms with Gasteiger partial charge in [0.15, 0.2) is 0 Å². The van der Waals surface area contributed by atoms with Crippen molar-refractivity contribution in [2.75, 3.05) is 12.3 Å². The van der Waals surface area contributed by atoms with Gasteiger partial charge in [-0.2, -0.15) is 11.8 Å². The van der Waals surface area contributed by atoms with Crippen molar-refractivity contribution in [3.8, 4) is 0 Å². The first kappa shape index (κ1) is 15.3. The molecular formula is C13H29NS. The summed E-state index contributed by atoms with van der Waals surface area (Å²) in [7, 11) is 0. The zero-order valence-electron chi connectivity index (χ0n) is 11.2. The van der Waals surface area contributed by atoms with E-state index < -0.39 is 0 Å². The Bertz CT molecular complexity index is 138. The normalized spacial score (nSPS) is 17.4. The number of hydrogen-bond donors (Lipinski definition) is 1. The summed E-state index contributed by atoms with van der Waals surface area (Å²) in [5.74, 6) is 2.19. The van der Waals surface area contributed by atoms with Crippen molar-refractivity contribution in [2.24, 2.45) is 5.92 Å². The third-order valence-corrected chi connectivity index (χ3v) is 4.31. The topological polar surface area (TPSA) is 12.0 Å². The minimum Gasteiger partial charge on any atom is -0.314 e. The van der Waals surface area contributed by atoms with Gasteiger partial charge in [0.2, 0.25) is 0 Å². The summed E-state index contributed by atoms with van der Waals surface area (Å²) < 4.78 is 0. The van der Waals surface area contributed by atoms with E-state index in [2.05, 4.69) is 51.7 Å². The highest BCUT2D eigenvalue weighted by molar-refractivity contribution is 7.99. The predicted octanol–water partition coefficient (Wildman–Crippen LogP) is 3.93. The van der Waals surface area contributed by atoms with Crippen LogP contribution in [0.1, 0.15) is 53.9 Å². The van der Waals surface area contributed by atoms with Crippen molar-refractivity contribution in [1.29, 1.82) is 0 Å². The second-order valence-corrected chi connectivity index (χ2v) is 6.22. The second kappa shape index (κ2) is 9.53. The lowest BCUT2D eigenvalue weighted by atomic mass is 10.2. The van der Waals surface area contributed by atoms with Crippen LogP contribution in [-0.2, 0) is 0 Å². The lowest BCUT2D eigenvalue weighted by molar-refractivity contribution is 0.512. The first-order chi connectivity index (χ1) is 7.10. The molecule has 0 spiro atoms. The van der Waals surface area contributed by atoms with Crippen LogP contribution in [0.25, 0.3) is 0 Å². The SMILES string of the molecule is CCCNC(C)CC(C)SCC(C)CC. The van der Waals surface area contributed by atoms with Gasteiger partial charge in [0.05, 0.1) is 0 Å². The first-order valence-electron chi connectivity index (χ1n) is 6.45. The summed E-state index contributed by atoms with van der Waals surface area (Å²) in [4.78, 5) is 0. The van der Waals surface area contributed by atoms with E-state index in [1.807, 2.05) is 0 Å². The van der Waals surface area contributed by atoms with E-state index in [0.29, 0.717) is 6.04 Å². The molecule has 0 aliphatic carbocycles. The highest BCUT2D eigenvalue weighted by Gasteiger charge is 2.09. The lowest BCUT2D eigenvalue weighted by Crippen LogP contribution is -2.29. The summed E-state index contributed by atoms with van der Waals surface area (Å²) in [6.45, 7) is 12.7. The van der Waals surface area contributed by atoms with Gasteiger partial charge in [0.25, 0.3) is 0 Å². The molecule has 3 unspecified atom stereocenters. The van der Waals surface area contributed by atoms with E-state index >= 15 is 0 Å². The van der Waals surface area contributed by atoms with Gasteiger partial charge >= 0.3 is 0 Å². The van der Waals surface area contributed by atoms with Crippen LogP contribution in [0.3, 0.4) is 0 Å². The molecule has 2 heteroatoms. The predicted molar refractivity (Wildman–Crippen MR) is 73.7 cm³/mol. The smallest absolute Gasteiger partial charge is 0.00491 e. The fourth-order valence-electron chi connectivity index (χ4n) is 1.49. The van der Waals surface area contributed by atoms with Crippen LogP contribution in [0.2, 0.25) is 0 Å². The Morgan fingerprint density at radius 2 is 1.80 bits per heavy atom. The van der Waals surface area contributed by atoms with Crippen LogP contribution in [0, 0.1) is 5.92 Å². The van der Waals surface area contributed by atoms with Crippen molar-refractivity contribution in [1.82, 2.24) is 5.32 Å². The molecule has 0 aromatic rings. The van der Waals surface area contributed by atoms with Gasteiger partial charge in [-0.15, -0.1) is 0 Å². The van der Waals surface area contributed by atoms with Crippen LogP contribution in [0.15, 0.2) is 0 Å². The van der Waals surface area contributed by atoms with Gasteiger partial charge in [-0.05, 0) is 38.0 Å². The molecule has 0 saturated carbocycles. The first-order valence-corrected chi connectivity index (χ1v) is 7.49. The second-order valence-electron chi connectivity index (χ2n) is 4.75. The molecular weight excluding hydrogens is 202 g/mol. The molecule has 0 aliphatic rings. The van der Waals surface area contributed by atoms with Crippen molar-refractivity contribution in [2.45, 2.75) is 65.2 Å². The number of rotatable bonds is 9. The third-order valence-electron chi connectivity index (χ3n) is 2.79. The summed E-state index contributed by atoms with van der Waals surface area (Å²) >= 11 is 2.13. The van der Waals surface area contributed by atoms with Gasteiger partial charge in [0, 0.05) is 11.3 Å². The van der Waals surface area contributed by atoms with Crippen LogP contribution < -0.4 is 5.32 Å². The van der Waals surface area contributed by atoms with Crippen molar-refractivity contribution in [3.05, 3.63) is 0 Å². The maximum atomic E-state index is 3.55. The number of hydrogen-bond acceptors (Lipinski definition) is 2. The Hall–Kier alpha value is 0.310. The van der Waals surface area contributed by atoms with Gasteiger partial charge in [-0.3, -0.25) is 0 Å². The molecule has 0 saturated heterocycles. The molecule has 0 heterocycles. The van der Waals surface area contributed by atoms with Gasteiger partial charge < -0.3 is 5.32 Å². The zero-order valence-corrected chi connectivity index (χ0v) is 12.0. The van der Waals surface area contributed by atoms with E-state index in [0.717, 1.165) is 17.7 Å². The summed E-state index contributed by atoms with van der Waals surface area (Å²) in [6.07, 6.45) is 3.84. The highest BCUT2D eigenvalue weighted by atomic mass is 32.2. The molecule has 1 nitrogen and oxygen atoms in total. The minimum atomic E-state index is 0.671. The van der Waals surface area contributed by atoms with Crippen molar-refractivity contribution >= 4 is 11.8 Å². The molecule has 1 N–H and O–H groups in total. The molecule has 0 radical (unpaired) electrons. The summed E-state index contributed by atoms with van der Waals surface area (Å²) in [5.41, 5.74) is 0. The van der Waals surface area contributed by atoms with Crippen molar-refractivity contribution < 1.29 is 0 Å². The Morgan fingerprint density at radius 1 is 1.13 bits per heavy atom. The Kier molecular flexibility index (Phi) is 9.73. The third kappa shape index (κ3) is 9.25. The molecule has 0 aromatic heterocycles. The molecule has 0 amide bonds. The number of nitrogens with one attached hydrogen (secondary N) is 1. The summed E-state index contributed by atoms with van der Waals surface area (Å²) in [5, 5.41) is 4.34. The van der Waals surface area contributed by atoms with E-state index in [-0.39, 0.29) is 0 Å². The monoisotopic (exact) mass is 231 g/mol. The molecule has 0 bridgehead atoms. The van der Waals surface area contributed by atoms with Crippen molar-refractivity contribution in [3.63, 3.8) is 0 Å². The molecule has 15 heavy (non-hydrogen) atoms. The van der Waals surface area contributed by atoms with E-state index in [9.17, 15) is 0 Å². The zero-order chi connectivity index (χ0) is 11.7. The minimum absolute atomic E-state index is 0.671. The van der Waals surface area contributed by atoms with Gasteiger partial charge in [-0.1, -0.05) is 34.1 Å². The maximum Gasteiger partial charge on any atom is 0.00491 e. The highest BCUT2D eigenvalue weighted by Crippen LogP contribution is 2.20. The average molecular weight is 231 g/mol. The fraction of sp³-hybridized carbons (Fsp3) is 1.00. The van der Waals surface area contributed by atoms with Crippen LogP contribution in [0.4, 0.5) is 0 Å².